The molecule has 0 saturated heterocycles. The van der Waals surface area contributed by atoms with Gasteiger partial charge in [0.15, 0.2) is 0 Å². The van der Waals surface area contributed by atoms with Gasteiger partial charge in [-0.2, -0.15) is 0 Å². The van der Waals surface area contributed by atoms with E-state index in [1.54, 1.807) is 0 Å². The van der Waals surface area contributed by atoms with Crippen LogP contribution in [0.1, 0.15) is 27.7 Å². The zero-order valence-electron chi connectivity index (χ0n) is 21.2. The molecule has 212 valence electrons. The van der Waals surface area contributed by atoms with E-state index >= 15 is 0 Å². The van der Waals surface area contributed by atoms with Gasteiger partial charge in [-0.15, -0.1) is 0 Å². The second-order valence-electron chi connectivity index (χ2n) is 7.36. The second-order valence-corrected chi connectivity index (χ2v) is 13.2. The van der Waals surface area contributed by atoms with E-state index in [0.29, 0.717) is 0 Å². The number of ketones is 1. The van der Waals surface area contributed by atoms with Crippen LogP contribution in [-0.4, -0.2) is 93.0 Å². The molecule has 14 nitrogen and oxygen atoms in total. The molecule has 0 saturated carbocycles. The molecule has 0 rings (SSSR count). The van der Waals surface area contributed by atoms with Crippen LogP contribution in [-0.2, 0) is 89.7 Å². The van der Waals surface area contributed by atoms with Gasteiger partial charge in [0.2, 0.25) is 0 Å². The van der Waals surface area contributed by atoms with E-state index < -0.39 is 107 Å². The number of ether oxygens (including phenoxy) is 6. The van der Waals surface area contributed by atoms with E-state index in [1.165, 1.54) is 0 Å². The predicted octanol–water partition coefficient (Wildman–Crippen LogP) is -0.00680. The Balaban J connectivity index is 6.82. The van der Waals surface area contributed by atoms with Crippen LogP contribution in [0.25, 0.3) is 0 Å². The first kappa shape index (κ1) is 35.2. The zero-order valence-corrected chi connectivity index (χ0v) is 26.6. The van der Waals surface area contributed by atoms with Crippen molar-refractivity contribution in [2.45, 2.75) is 61.7 Å². The van der Waals surface area contributed by atoms with Crippen LogP contribution in [0, 0.1) is 0 Å². The van der Waals surface area contributed by atoms with Crippen molar-refractivity contribution < 1.29 is 103 Å². The van der Waals surface area contributed by atoms with Crippen molar-refractivity contribution in [3.63, 3.8) is 0 Å². The first-order valence-corrected chi connectivity index (χ1v) is 15.9. The summed E-state index contributed by atoms with van der Waals surface area (Å²) >= 11 is -3.99. The Bertz CT molecular complexity index is 906. The molecular weight excluding hydrogens is 722 g/mol. The van der Waals surface area contributed by atoms with E-state index in [1.807, 2.05) is 0 Å². The first-order valence-electron chi connectivity index (χ1n) is 10.5. The van der Waals surface area contributed by atoms with Crippen LogP contribution in [0.5, 0.6) is 0 Å². The Kier molecular flexibility index (Phi) is 15.0. The Morgan fingerprint density at radius 2 is 1.24 bits per heavy atom. The van der Waals surface area contributed by atoms with Crippen LogP contribution in [0.4, 0.5) is 13.2 Å². The number of carbonyl (C=O) groups is 7. The van der Waals surface area contributed by atoms with Gasteiger partial charge in [0.05, 0.1) is 0 Å². The van der Waals surface area contributed by atoms with Crippen molar-refractivity contribution in [3.05, 3.63) is 0 Å². The molecule has 5 atom stereocenters. The third kappa shape index (κ3) is 12.1. The summed E-state index contributed by atoms with van der Waals surface area (Å²) in [5, 5.41) is 0. The van der Waals surface area contributed by atoms with Crippen LogP contribution in [0.15, 0.2) is 0 Å². The fourth-order valence-electron chi connectivity index (χ4n) is 3.01. The quantitative estimate of drug-likeness (QED) is 0.100. The number of Topliss-reactive ketones (excluding diaryl/α,β-unsaturated/α-hetero) is 1. The van der Waals surface area contributed by atoms with E-state index in [-0.39, 0.29) is 0 Å². The molecule has 0 radical (unpaired) electrons. The van der Waals surface area contributed by atoms with E-state index in [2.05, 4.69) is 7.38 Å². The average Bonchev–Trinajstić information content (AvgIpc) is 2.79. The van der Waals surface area contributed by atoms with Gasteiger partial charge in [0.25, 0.3) is 0 Å². The van der Waals surface area contributed by atoms with E-state index in [0.717, 1.165) is 41.9 Å². The summed E-state index contributed by atoms with van der Waals surface area (Å²) in [6.07, 6.45) is -12.9. The van der Waals surface area contributed by atoms with Gasteiger partial charge in [-0.05, 0) is 0 Å². The molecule has 0 aliphatic rings. The van der Waals surface area contributed by atoms with Gasteiger partial charge in [-0.3, -0.25) is 0 Å². The molecule has 0 aromatic carbocycles. The van der Waals surface area contributed by atoms with Crippen LogP contribution in [0.3, 0.4) is 0 Å². The SMILES string of the molecule is COC(=O)C(=O)[CH]([Hg][O]C(=O)C(F)(F)F)C(OC)[C@@H](OC(C)=O)[C@H](OC(C)=O)[C@@H](COC(C)=O)OC(C)=O. The molecule has 0 heterocycles. The van der Waals surface area contributed by atoms with Gasteiger partial charge in [0.1, 0.15) is 0 Å². The molecule has 0 aliphatic carbocycles. The minimum atomic E-state index is -5.43. The Morgan fingerprint density at radius 1 is 0.737 bits per heavy atom. The number of carbonyl (C=O) groups excluding carboxylic acids is 7. The molecule has 0 bridgehead atoms. The topological polar surface area (TPSA) is 184 Å². The third-order valence-corrected chi connectivity index (χ3v) is 10.7. The number of esters is 5. The number of hydrogen-bond acceptors (Lipinski definition) is 14. The summed E-state index contributed by atoms with van der Waals surface area (Å²) in [5.74, 6) is -9.70. The summed E-state index contributed by atoms with van der Waals surface area (Å²) < 4.78 is 70.2. The Hall–Kier alpha value is -2.82. The fourth-order valence-corrected chi connectivity index (χ4v) is 8.70. The molecule has 0 N–H and O–H groups in total. The van der Waals surface area contributed by atoms with Gasteiger partial charge in [0, 0.05) is 0 Å². The van der Waals surface area contributed by atoms with E-state index in [4.69, 9.17) is 23.7 Å². The van der Waals surface area contributed by atoms with Crippen molar-refractivity contribution in [1.29, 1.82) is 0 Å². The van der Waals surface area contributed by atoms with Crippen LogP contribution < -0.4 is 0 Å². The molecular formula is C20H25F3HgO14. The fraction of sp³-hybridized carbons (Fsp3) is 0.650. The molecule has 0 spiro atoms. The second kappa shape index (κ2) is 16.2. The Morgan fingerprint density at radius 3 is 1.63 bits per heavy atom. The summed E-state index contributed by atoms with van der Waals surface area (Å²) in [4.78, 5) is 83.0. The molecule has 0 aromatic rings. The zero-order chi connectivity index (χ0) is 29.8. The maximum absolute atomic E-state index is 12.8. The van der Waals surface area contributed by atoms with Crippen molar-refractivity contribution >= 4 is 41.6 Å². The van der Waals surface area contributed by atoms with Gasteiger partial charge < -0.3 is 0 Å². The maximum atomic E-state index is 12.8. The number of alkyl halides is 3. The first-order chi connectivity index (χ1) is 17.5. The summed E-state index contributed by atoms with van der Waals surface area (Å²) in [6, 6.07) is 0. The molecule has 0 amide bonds. The van der Waals surface area contributed by atoms with Gasteiger partial charge in [-0.25, -0.2) is 0 Å². The molecule has 18 heteroatoms. The molecule has 0 aromatic heterocycles. The van der Waals surface area contributed by atoms with Crippen molar-refractivity contribution in [2.75, 3.05) is 20.8 Å². The molecule has 0 aliphatic heterocycles. The summed E-state index contributed by atoms with van der Waals surface area (Å²) in [6.45, 7) is 2.89. The van der Waals surface area contributed by atoms with Gasteiger partial charge >= 0.3 is 227 Å². The number of rotatable bonds is 14. The van der Waals surface area contributed by atoms with Crippen molar-refractivity contribution in [2.24, 2.45) is 0 Å². The Labute approximate surface area is 226 Å². The number of halogens is 3. The standard InChI is InChI=1S/C18H25O12.C2HF3O2.Hg/c1-9(19)27-8-15(28-10(2)20)17(30-12(4)22)16(29-11(3)21)14(25-5)7-13(23)18(24)26-6;3-2(4,5)1(6)7;/h7,14-17H,8H2,1-6H3;(H,6,7);/q;;+1/p-1/t14?,15-,16-,17-;;/m1../s1. The van der Waals surface area contributed by atoms with E-state index in [9.17, 15) is 46.7 Å². The van der Waals surface area contributed by atoms with Crippen molar-refractivity contribution in [3.8, 4) is 0 Å². The monoisotopic (exact) mass is 748 g/mol. The third-order valence-electron chi connectivity index (χ3n) is 4.40. The summed E-state index contributed by atoms with van der Waals surface area (Å²) in [7, 11) is 1.69. The van der Waals surface area contributed by atoms with Crippen LogP contribution >= 0.6 is 0 Å². The molecule has 2 unspecified atom stereocenters. The number of hydrogen-bond donors (Lipinski definition) is 0. The summed E-state index contributed by atoms with van der Waals surface area (Å²) in [5.41, 5.74) is 0. The van der Waals surface area contributed by atoms with Crippen molar-refractivity contribution in [1.82, 2.24) is 0 Å². The minimum absolute atomic E-state index is 0.774. The van der Waals surface area contributed by atoms with Crippen LogP contribution in [0.2, 0.25) is 3.43 Å². The number of methoxy groups -OCH3 is 2. The normalized spacial score (nSPS) is 14.8. The average molecular weight is 747 g/mol. The predicted molar refractivity (Wildman–Crippen MR) is 107 cm³/mol. The molecule has 38 heavy (non-hydrogen) atoms. The van der Waals surface area contributed by atoms with Gasteiger partial charge in [-0.1, -0.05) is 0 Å². The molecule has 0 fully saturated rings.